The Bertz CT molecular complexity index is 1030. The average Bonchev–Trinajstić information content (AvgIpc) is 2.97. The Kier molecular flexibility index (Phi) is 5.22. The molecule has 1 atom stereocenters. The van der Waals surface area contributed by atoms with Crippen LogP contribution in [0.1, 0.15) is 35.3 Å². The van der Waals surface area contributed by atoms with Crippen LogP contribution >= 0.6 is 0 Å². The highest BCUT2D eigenvalue weighted by Gasteiger charge is 2.16. The molecule has 0 bridgehead atoms. The van der Waals surface area contributed by atoms with Gasteiger partial charge in [-0.15, -0.1) is 5.10 Å². The van der Waals surface area contributed by atoms with E-state index in [1.165, 1.54) is 12.8 Å². The predicted octanol–water partition coefficient (Wildman–Crippen LogP) is 3.01. The van der Waals surface area contributed by atoms with Crippen molar-refractivity contribution in [3.63, 3.8) is 0 Å². The average molecular weight is 374 g/mol. The lowest BCUT2D eigenvalue weighted by Crippen LogP contribution is -2.31. The quantitative estimate of drug-likeness (QED) is 0.653. The summed E-state index contributed by atoms with van der Waals surface area (Å²) >= 11 is 0. The van der Waals surface area contributed by atoms with Gasteiger partial charge in [-0.05, 0) is 55.8 Å². The fourth-order valence-electron chi connectivity index (χ4n) is 3.46. The van der Waals surface area contributed by atoms with Crippen molar-refractivity contribution in [3.8, 4) is 6.07 Å². The first-order valence-corrected chi connectivity index (χ1v) is 9.51. The zero-order valence-corrected chi connectivity index (χ0v) is 15.5. The number of rotatable bonds is 4. The zero-order chi connectivity index (χ0) is 19.3. The third-order valence-electron chi connectivity index (χ3n) is 4.93. The number of amides is 1. The van der Waals surface area contributed by atoms with Crippen LogP contribution in [0.25, 0.3) is 5.52 Å². The molecule has 0 saturated carbocycles. The molecule has 3 N–H and O–H groups in total. The van der Waals surface area contributed by atoms with Crippen molar-refractivity contribution in [1.29, 1.82) is 5.26 Å². The summed E-state index contributed by atoms with van der Waals surface area (Å²) in [6.45, 7) is 1.96. The Morgan fingerprint density at radius 2 is 2.04 bits per heavy atom. The summed E-state index contributed by atoms with van der Waals surface area (Å²) in [6, 6.07) is 16.8. The molecule has 3 aromatic rings. The van der Waals surface area contributed by atoms with Crippen LogP contribution in [0.5, 0.6) is 0 Å². The number of anilines is 2. The third-order valence-corrected chi connectivity index (χ3v) is 4.93. The maximum atomic E-state index is 12.8. The molecule has 1 amide bonds. The van der Waals surface area contributed by atoms with Crippen molar-refractivity contribution in [2.45, 2.75) is 25.3 Å². The summed E-state index contributed by atoms with van der Waals surface area (Å²) in [5, 5.41) is 23.5. The van der Waals surface area contributed by atoms with E-state index in [0.29, 0.717) is 23.0 Å². The van der Waals surface area contributed by atoms with E-state index in [2.05, 4.69) is 27.1 Å². The van der Waals surface area contributed by atoms with Gasteiger partial charge in [0.2, 0.25) is 0 Å². The van der Waals surface area contributed by atoms with E-state index in [-0.39, 0.29) is 5.91 Å². The number of hydrogen-bond acceptors (Lipinski definition) is 5. The monoisotopic (exact) mass is 374 g/mol. The van der Waals surface area contributed by atoms with Crippen molar-refractivity contribution < 1.29 is 4.79 Å². The van der Waals surface area contributed by atoms with Crippen molar-refractivity contribution in [2.75, 3.05) is 23.7 Å². The number of carbonyl (C=O) groups excluding carboxylic acids is 1. The second kappa shape index (κ2) is 8.11. The summed E-state index contributed by atoms with van der Waals surface area (Å²) in [7, 11) is 0. The number of para-hydroxylation sites is 1. The number of aromatic nitrogens is 2. The molecule has 3 heterocycles. The highest BCUT2D eigenvalue weighted by molar-refractivity contribution is 6.04. The number of nitrogens with one attached hydrogen (secondary N) is 3. The van der Waals surface area contributed by atoms with E-state index < -0.39 is 0 Å². The lowest BCUT2D eigenvalue weighted by atomic mass is 10.1. The molecule has 7 heteroatoms. The SMILES string of the molecule is N#Cc1ccccc1NC(=O)c1ccc2ccc(NC3CCCCNC3)nn12. The number of nitrogens with zero attached hydrogens (tertiary/aromatic N) is 3. The van der Waals surface area contributed by atoms with Crippen LogP contribution in [0.2, 0.25) is 0 Å². The largest absolute Gasteiger partial charge is 0.365 e. The van der Waals surface area contributed by atoms with Gasteiger partial charge >= 0.3 is 0 Å². The van der Waals surface area contributed by atoms with Crippen LogP contribution < -0.4 is 16.0 Å². The van der Waals surface area contributed by atoms with Crippen LogP contribution in [0, 0.1) is 11.3 Å². The maximum absolute atomic E-state index is 12.8. The van der Waals surface area contributed by atoms with Crippen LogP contribution in [-0.2, 0) is 0 Å². The molecule has 1 unspecified atom stereocenters. The Morgan fingerprint density at radius 3 is 2.93 bits per heavy atom. The topological polar surface area (TPSA) is 94.2 Å². The van der Waals surface area contributed by atoms with Gasteiger partial charge in [0.05, 0.1) is 16.8 Å². The molecular weight excluding hydrogens is 352 g/mol. The van der Waals surface area contributed by atoms with Gasteiger partial charge in [-0.3, -0.25) is 4.79 Å². The molecule has 1 aliphatic rings. The lowest BCUT2D eigenvalue weighted by Gasteiger charge is -2.17. The van der Waals surface area contributed by atoms with Crippen LogP contribution in [0.15, 0.2) is 48.5 Å². The van der Waals surface area contributed by atoms with Gasteiger partial charge in [0, 0.05) is 12.6 Å². The molecule has 0 radical (unpaired) electrons. The highest BCUT2D eigenvalue weighted by atomic mass is 16.2. The number of nitriles is 1. The first kappa shape index (κ1) is 18.0. The predicted molar refractivity (Wildman–Crippen MR) is 108 cm³/mol. The minimum absolute atomic E-state index is 0.302. The van der Waals surface area contributed by atoms with Crippen molar-refractivity contribution >= 4 is 22.9 Å². The maximum Gasteiger partial charge on any atom is 0.274 e. The Balaban J connectivity index is 1.57. The van der Waals surface area contributed by atoms with Crippen LogP contribution in [0.3, 0.4) is 0 Å². The minimum Gasteiger partial charge on any atom is -0.365 e. The second-order valence-electron chi connectivity index (χ2n) is 6.93. The van der Waals surface area contributed by atoms with Crippen LogP contribution in [-0.4, -0.2) is 34.7 Å². The standard InChI is InChI=1S/C21H22N6O/c22-13-15-5-1-2-7-18(15)25-21(28)19-10-8-17-9-11-20(26-27(17)19)24-16-6-3-4-12-23-14-16/h1-2,5,7-11,16,23H,3-4,6,12,14H2,(H,24,26)(H,25,28). The van der Waals surface area contributed by atoms with E-state index >= 15 is 0 Å². The summed E-state index contributed by atoms with van der Waals surface area (Å²) in [4.78, 5) is 12.8. The van der Waals surface area contributed by atoms with Crippen molar-refractivity contribution in [3.05, 3.63) is 59.8 Å². The van der Waals surface area contributed by atoms with Gasteiger partial charge in [-0.1, -0.05) is 18.6 Å². The molecule has 1 saturated heterocycles. The zero-order valence-electron chi connectivity index (χ0n) is 15.5. The molecule has 1 aromatic carbocycles. The third kappa shape index (κ3) is 3.82. The molecule has 2 aromatic heterocycles. The van der Waals surface area contributed by atoms with Gasteiger partial charge in [0.25, 0.3) is 5.91 Å². The fraction of sp³-hybridized carbons (Fsp3) is 0.286. The van der Waals surface area contributed by atoms with E-state index in [0.717, 1.165) is 30.8 Å². The van der Waals surface area contributed by atoms with Gasteiger partial charge in [0.1, 0.15) is 17.6 Å². The molecule has 28 heavy (non-hydrogen) atoms. The molecule has 7 nitrogen and oxygen atoms in total. The van der Waals surface area contributed by atoms with Gasteiger partial charge in [0.15, 0.2) is 0 Å². The summed E-state index contributed by atoms with van der Waals surface area (Å²) in [5.74, 6) is 0.437. The van der Waals surface area contributed by atoms with Gasteiger partial charge < -0.3 is 16.0 Å². The first-order chi connectivity index (χ1) is 13.7. The Hall–Kier alpha value is -3.37. The minimum atomic E-state index is -0.302. The summed E-state index contributed by atoms with van der Waals surface area (Å²) < 4.78 is 1.64. The van der Waals surface area contributed by atoms with E-state index in [1.807, 2.05) is 18.2 Å². The molecule has 0 spiro atoms. The summed E-state index contributed by atoms with van der Waals surface area (Å²) in [6.07, 6.45) is 3.47. The normalized spacial score (nSPS) is 16.9. The molecule has 1 fully saturated rings. The van der Waals surface area contributed by atoms with E-state index in [9.17, 15) is 10.1 Å². The van der Waals surface area contributed by atoms with Gasteiger partial charge in [-0.2, -0.15) is 5.26 Å². The van der Waals surface area contributed by atoms with Crippen molar-refractivity contribution in [1.82, 2.24) is 14.9 Å². The molecule has 142 valence electrons. The molecule has 0 aliphatic carbocycles. The Labute approximate surface area is 163 Å². The lowest BCUT2D eigenvalue weighted by molar-refractivity contribution is 0.102. The van der Waals surface area contributed by atoms with Crippen molar-refractivity contribution in [2.24, 2.45) is 0 Å². The first-order valence-electron chi connectivity index (χ1n) is 9.51. The van der Waals surface area contributed by atoms with Gasteiger partial charge in [-0.25, -0.2) is 4.52 Å². The Morgan fingerprint density at radius 1 is 1.18 bits per heavy atom. The highest BCUT2D eigenvalue weighted by Crippen LogP contribution is 2.18. The summed E-state index contributed by atoms with van der Waals surface area (Å²) in [5.41, 5.74) is 2.17. The molecular formula is C21H22N6O. The second-order valence-corrected chi connectivity index (χ2v) is 6.93. The fourth-order valence-corrected chi connectivity index (χ4v) is 3.46. The molecule has 4 rings (SSSR count). The number of fused-ring (bicyclic) bond motifs is 1. The number of hydrogen-bond donors (Lipinski definition) is 3. The molecule has 1 aliphatic heterocycles. The van der Waals surface area contributed by atoms with E-state index in [4.69, 9.17) is 0 Å². The smallest absolute Gasteiger partial charge is 0.274 e. The van der Waals surface area contributed by atoms with Crippen LogP contribution in [0.4, 0.5) is 11.5 Å². The number of benzene rings is 1. The van der Waals surface area contributed by atoms with E-state index in [1.54, 1.807) is 34.8 Å². The number of carbonyl (C=O) groups is 1.